The van der Waals surface area contributed by atoms with Crippen molar-refractivity contribution in [3.05, 3.63) is 40.4 Å². The monoisotopic (exact) mass is 502 g/mol. The molecule has 0 aromatic heterocycles. The molecule has 0 saturated carbocycles. The first-order valence-corrected chi connectivity index (χ1v) is 10.4. The van der Waals surface area contributed by atoms with Gasteiger partial charge in [0.2, 0.25) is 12.0 Å². The van der Waals surface area contributed by atoms with Crippen molar-refractivity contribution in [2.45, 2.75) is 51.8 Å². The van der Waals surface area contributed by atoms with Gasteiger partial charge in [-0.25, -0.2) is 9.18 Å². The number of carbonyl (C=O) groups excluding carboxylic acids is 4. The third-order valence-corrected chi connectivity index (χ3v) is 4.80. The van der Waals surface area contributed by atoms with Crippen LogP contribution in [-0.2, 0) is 47.6 Å². The topological polar surface area (TPSA) is 124 Å². The van der Waals surface area contributed by atoms with Crippen molar-refractivity contribution < 1.29 is 52.0 Å². The van der Waals surface area contributed by atoms with Crippen LogP contribution in [0.2, 0.25) is 5.02 Å². The molecule has 0 aliphatic carbocycles. The number of rotatable bonds is 8. The van der Waals surface area contributed by atoms with E-state index in [0.29, 0.717) is 0 Å². The van der Waals surface area contributed by atoms with Crippen LogP contribution in [0.25, 0.3) is 6.08 Å². The van der Waals surface area contributed by atoms with E-state index in [1.54, 1.807) is 0 Å². The highest BCUT2D eigenvalue weighted by molar-refractivity contribution is 6.32. The molecule has 0 N–H and O–H groups in total. The lowest BCUT2D eigenvalue weighted by Crippen LogP contribution is -2.54. The van der Waals surface area contributed by atoms with Crippen molar-refractivity contribution >= 4 is 41.6 Å². The zero-order valence-corrected chi connectivity index (χ0v) is 19.6. The van der Waals surface area contributed by atoms with E-state index in [1.165, 1.54) is 12.1 Å². The highest BCUT2D eigenvalue weighted by Gasteiger charge is 2.45. The van der Waals surface area contributed by atoms with Crippen LogP contribution in [-0.4, -0.2) is 62.2 Å². The van der Waals surface area contributed by atoms with Crippen molar-refractivity contribution in [2.75, 3.05) is 13.7 Å². The van der Waals surface area contributed by atoms with Crippen LogP contribution < -0.4 is 0 Å². The standard InChI is InChI=1S/C22H24ClFO10/c1-11(25)30-10-19-21(32-13(3)27)17(31-12(2)26)9-20(34-19)33-18(22(28)29-4)8-14-15(23)6-5-7-16(14)24/h5-8,17,19-21H,9-10H2,1-4H3/b18-8-. The number of hydrogen-bond acceptors (Lipinski definition) is 10. The summed E-state index contributed by atoms with van der Waals surface area (Å²) < 4.78 is 45.8. The van der Waals surface area contributed by atoms with Crippen LogP contribution in [0, 0.1) is 5.82 Å². The van der Waals surface area contributed by atoms with E-state index in [1.807, 2.05) is 0 Å². The van der Waals surface area contributed by atoms with Crippen LogP contribution in [0.15, 0.2) is 24.0 Å². The molecule has 186 valence electrons. The van der Waals surface area contributed by atoms with Crippen molar-refractivity contribution in [2.24, 2.45) is 0 Å². The fourth-order valence-electron chi connectivity index (χ4n) is 3.14. The third kappa shape index (κ3) is 7.70. The molecule has 1 saturated heterocycles. The Bertz CT molecular complexity index is 943. The number of halogens is 2. The summed E-state index contributed by atoms with van der Waals surface area (Å²) >= 11 is 6.03. The number of benzene rings is 1. The zero-order chi connectivity index (χ0) is 25.4. The van der Waals surface area contributed by atoms with Gasteiger partial charge >= 0.3 is 23.9 Å². The first-order chi connectivity index (χ1) is 16.0. The lowest BCUT2D eigenvalue weighted by Gasteiger charge is -2.39. The van der Waals surface area contributed by atoms with E-state index in [2.05, 4.69) is 0 Å². The summed E-state index contributed by atoms with van der Waals surface area (Å²) in [6.45, 7) is 3.09. The Hall–Kier alpha value is -3.18. The summed E-state index contributed by atoms with van der Waals surface area (Å²) in [5.41, 5.74) is -0.133. The summed E-state index contributed by atoms with van der Waals surface area (Å²) in [6, 6.07) is 3.94. The molecule has 4 atom stereocenters. The van der Waals surface area contributed by atoms with E-state index in [-0.39, 0.29) is 23.6 Å². The lowest BCUT2D eigenvalue weighted by molar-refractivity contribution is -0.257. The molecular weight excluding hydrogens is 479 g/mol. The molecule has 1 fully saturated rings. The second-order valence-electron chi connectivity index (χ2n) is 7.12. The Morgan fingerprint density at radius 2 is 1.76 bits per heavy atom. The lowest BCUT2D eigenvalue weighted by atomic mass is 10.0. The first-order valence-electron chi connectivity index (χ1n) is 10.1. The van der Waals surface area contributed by atoms with Gasteiger partial charge in [-0.3, -0.25) is 14.4 Å². The maximum atomic E-state index is 14.3. The molecule has 0 spiro atoms. The molecule has 0 bridgehead atoms. The van der Waals surface area contributed by atoms with Crippen molar-refractivity contribution in [1.82, 2.24) is 0 Å². The van der Waals surface area contributed by atoms with Crippen molar-refractivity contribution in [3.8, 4) is 0 Å². The maximum absolute atomic E-state index is 14.3. The van der Waals surface area contributed by atoms with E-state index in [9.17, 15) is 23.6 Å². The van der Waals surface area contributed by atoms with Gasteiger partial charge in [-0.15, -0.1) is 0 Å². The van der Waals surface area contributed by atoms with Gasteiger partial charge in [0.1, 0.15) is 24.6 Å². The van der Waals surface area contributed by atoms with Crippen LogP contribution in [0.1, 0.15) is 32.8 Å². The van der Waals surface area contributed by atoms with Crippen LogP contribution in [0.5, 0.6) is 0 Å². The maximum Gasteiger partial charge on any atom is 0.373 e. The van der Waals surface area contributed by atoms with Gasteiger partial charge in [0.25, 0.3) is 0 Å². The Labute approximate surface area is 199 Å². The molecule has 2 rings (SSSR count). The predicted molar refractivity (Wildman–Crippen MR) is 114 cm³/mol. The minimum Gasteiger partial charge on any atom is -0.463 e. The van der Waals surface area contributed by atoms with Crippen LogP contribution >= 0.6 is 11.6 Å². The number of hydrogen-bond donors (Lipinski definition) is 0. The quantitative estimate of drug-likeness (QED) is 0.227. The Morgan fingerprint density at radius 3 is 2.32 bits per heavy atom. The van der Waals surface area contributed by atoms with Crippen molar-refractivity contribution in [3.63, 3.8) is 0 Å². The third-order valence-electron chi connectivity index (χ3n) is 4.47. The van der Waals surface area contributed by atoms with Gasteiger partial charge in [-0.05, 0) is 18.2 Å². The normalized spacial score (nSPS) is 22.4. The summed E-state index contributed by atoms with van der Waals surface area (Å²) in [4.78, 5) is 46.9. The van der Waals surface area contributed by atoms with E-state index in [4.69, 9.17) is 40.0 Å². The molecule has 1 aromatic carbocycles. The van der Waals surface area contributed by atoms with Gasteiger partial charge in [0, 0.05) is 26.3 Å². The summed E-state index contributed by atoms with van der Waals surface area (Å²) in [5, 5.41) is 0.00927. The molecule has 0 amide bonds. The fourth-order valence-corrected chi connectivity index (χ4v) is 3.35. The van der Waals surface area contributed by atoms with Gasteiger partial charge in [0.05, 0.1) is 18.6 Å². The van der Waals surface area contributed by atoms with E-state index < -0.39 is 60.1 Å². The predicted octanol–water partition coefficient (Wildman–Crippen LogP) is 2.55. The first kappa shape index (κ1) is 27.1. The number of carbonyl (C=O) groups is 4. The molecule has 1 aromatic rings. The minimum absolute atomic E-state index is 0.00927. The van der Waals surface area contributed by atoms with Crippen molar-refractivity contribution in [1.29, 1.82) is 0 Å². The Balaban J connectivity index is 2.39. The smallest absolute Gasteiger partial charge is 0.373 e. The second-order valence-corrected chi connectivity index (χ2v) is 7.52. The summed E-state index contributed by atoms with van der Waals surface area (Å²) in [5.74, 6) is -4.16. The van der Waals surface area contributed by atoms with Crippen LogP contribution in [0.4, 0.5) is 4.39 Å². The fraction of sp³-hybridized carbons (Fsp3) is 0.455. The Kier molecular flexibility index (Phi) is 9.82. The SMILES string of the molecule is COC(=O)/C(=C/c1c(F)cccc1Cl)OC1CC(OC(C)=O)C(OC(C)=O)C(COC(C)=O)O1. The number of ether oxygens (including phenoxy) is 6. The highest BCUT2D eigenvalue weighted by atomic mass is 35.5. The second kappa shape index (κ2) is 12.3. The van der Waals surface area contributed by atoms with Gasteiger partial charge in [0.15, 0.2) is 6.10 Å². The Morgan fingerprint density at radius 1 is 1.09 bits per heavy atom. The largest absolute Gasteiger partial charge is 0.463 e. The minimum atomic E-state index is -1.27. The van der Waals surface area contributed by atoms with E-state index >= 15 is 0 Å². The molecule has 0 radical (unpaired) electrons. The molecule has 10 nitrogen and oxygen atoms in total. The highest BCUT2D eigenvalue weighted by Crippen LogP contribution is 2.30. The molecule has 4 unspecified atom stereocenters. The molecule has 12 heteroatoms. The van der Waals surface area contributed by atoms with Gasteiger partial charge in [-0.2, -0.15) is 0 Å². The molecule has 1 aliphatic rings. The number of esters is 4. The number of methoxy groups -OCH3 is 1. The van der Waals surface area contributed by atoms with Gasteiger partial charge < -0.3 is 28.4 Å². The molecule has 1 heterocycles. The molecule has 1 aliphatic heterocycles. The molecular formula is C22H24ClFO10. The zero-order valence-electron chi connectivity index (χ0n) is 18.9. The van der Waals surface area contributed by atoms with Gasteiger partial charge in [-0.1, -0.05) is 17.7 Å². The average Bonchev–Trinajstić information content (AvgIpc) is 2.74. The average molecular weight is 503 g/mol. The molecule has 34 heavy (non-hydrogen) atoms. The van der Waals surface area contributed by atoms with Crippen LogP contribution in [0.3, 0.4) is 0 Å². The van der Waals surface area contributed by atoms with E-state index in [0.717, 1.165) is 40.0 Å². The summed E-state index contributed by atoms with van der Waals surface area (Å²) in [6.07, 6.45) is -3.75. The summed E-state index contributed by atoms with van der Waals surface area (Å²) in [7, 11) is 1.09.